The maximum Gasteiger partial charge on any atom is 0.0585 e. The van der Waals surface area contributed by atoms with Crippen molar-refractivity contribution in [2.24, 2.45) is 5.73 Å². The normalized spacial score (nSPS) is 12.8. The van der Waals surface area contributed by atoms with E-state index in [0.717, 1.165) is 16.1 Å². The Kier molecular flexibility index (Phi) is 4.25. The van der Waals surface area contributed by atoms with Crippen LogP contribution in [0.5, 0.6) is 0 Å². The van der Waals surface area contributed by atoms with Crippen molar-refractivity contribution in [1.82, 2.24) is 0 Å². The standard InChI is InChI=1S/C10H16N2OS/c1-14-10-5-7(2-3-9(10)12)4-8(11)6-13/h2-3,5,8,13H,4,6,11-12H2,1H3. The smallest absolute Gasteiger partial charge is 0.0585 e. The van der Waals surface area contributed by atoms with Gasteiger partial charge in [-0.3, -0.25) is 0 Å². The first kappa shape index (κ1) is 11.4. The van der Waals surface area contributed by atoms with E-state index in [1.807, 2.05) is 24.5 Å². The topological polar surface area (TPSA) is 72.3 Å². The molecule has 5 N–H and O–H groups in total. The fraction of sp³-hybridized carbons (Fsp3) is 0.400. The lowest BCUT2D eigenvalue weighted by Crippen LogP contribution is -2.26. The molecule has 0 fully saturated rings. The molecule has 0 aliphatic heterocycles. The molecule has 0 aromatic heterocycles. The van der Waals surface area contributed by atoms with Gasteiger partial charge in [-0.15, -0.1) is 11.8 Å². The monoisotopic (exact) mass is 212 g/mol. The van der Waals surface area contributed by atoms with Crippen LogP contribution < -0.4 is 11.5 Å². The van der Waals surface area contributed by atoms with Crippen LogP contribution in [-0.2, 0) is 6.42 Å². The molecule has 0 heterocycles. The molecule has 0 saturated heterocycles. The molecule has 0 spiro atoms. The Bertz CT molecular complexity index is 304. The first-order chi connectivity index (χ1) is 6.67. The Morgan fingerprint density at radius 3 is 2.79 bits per heavy atom. The van der Waals surface area contributed by atoms with Gasteiger partial charge in [0.2, 0.25) is 0 Å². The highest BCUT2D eigenvalue weighted by atomic mass is 32.2. The van der Waals surface area contributed by atoms with Gasteiger partial charge in [-0.05, 0) is 30.4 Å². The van der Waals surface area contributed by atoms with E-state index in [1.54, 1.807) is 11.8 Å². The first-order valence-electron chi connectivity index (χ1n) is 4.46. The summed E-state index contributed by atoms with van der Waals surface area (Å²) >= 11 is 1.62. The van der Waals surface area contributed by atoms with E-state index in [0.29, 0.717) is 6.42 Å². The molecule has 1 atom stereocenters. The summed E-state index contributed by atoms with van der Waals surface area (Å²) in [6.45, 7) is 0.0129. The van der Waals surface area contributed by atoms with Gasteiger partial charge in [0.1, 0.15) is 0 Å². The van der Waals surface area contributed by atoms with Gasteiger partial charge in [0.05, 0.1) is 6.61 Å². The second-order valence-electron chi connectivity index (χ2n) is 3.22. The third kappa shape index (κ3) is 2.90. The average molecular weight is 212 g/mol. The highest BCUT2D eigenvalue weighted by Gasteiger charge is 2.04. The molecule has 3 nitrogen and oxygen atoms in total. The van der Waals surface area contributed by atoms with Crippen molar-refractivity contribution in [2.75, 3.05) is 18.6 Å². The zero-order valence-corrected chi connectivity index (χ0v) is 9.05. The molecule has 0 radical (unpaired) electrons. The van der Waals surface area contributed by atoms with Gasteiger partial charge in [0.15, 0.2) is 0 Å². The summed E-state index contributed by atoms with van der Waals surface area (Å²) in [7, 11) is 0. The average Bonchev–Trinajstić information content (AvgIpc) is 2.20. The molecule has 0 bridgehead atoms. The predicted octanol–water partition coefficient (Wildman–Crippen LogP) is 0.853. The number of hydrogen-bond donors (Lipinski definition) is 3. The Labute approximate surface area is 88.5 Å². The zero-order valence-electron chi connectivity index (χ0n) is 8.23. The van der Waals surface area contributed by atoms with E-state index in [2.05, 4.69) is 0 Å². The van der Waals surface area contributed by atoms with E-state index < -0.39 is 0 Å². The van der Waals surface area contributed by atoms with Crippen LogP contribution in [0.25, 0.3) is 0 Å². The molecule has 1 aromatic carbocycles. The minimum absolute atomic E-state index is 0.0129. The van der Waals surface area contributed by atoms with Gasteiger partial charge < -0.3 is 16.6 Å². The van der Waals surface area contributed by atoms with Gasteiger partial charge in [-0.2, -0.15) is 0 Å². The molecule has 0 amide bonds. The maximum absolute atomic E-state index is 8.82. The third-order valence-electron chi connectivity index (χ3n) is 2.03. The SMILES string of the molecule is CSc1cc(CC(N)CO)ccc1N. The molecular formula is C10H16N2OS. The third-order valence-corrected chi connectivity index (χ3v) is 2.82. The van der Waals surface area contributed by atoms with E-state index in [9.17, 15) is 0 Å². The van der Waals surface area contributed by atoms with Crippen LogP contribution in [0.1, 0.15) is 5.56 Å². The molecule has 1 rings (SSSR count). The maximum atomic E-state index is 8.82. The fourth-order valence-corrected chi connectivity index (χ4v) is 1.82. The second-order valence-corrected chi connectivity index (χ2v) is 4.07. The summed E-state index contributed by atoms with van der Waals surface area (Å²) in [6, 6.07) is 5.67. The Morgan fingerprint density at radius 1 is 1.50 bits per heavy atom. The van der Waals surface area contributed by atoms with Crippen LogP contribution in [0.15, 0.2) is 23.1 Å². The Hall–Kier alpha value is -0.710. The number of nitrogen functional groups attached to an aromatic ring is 1. The van der Waals surface area contributed by atoms with E-state index in [-0.39, 0.29) is 12.6 Å². The number of aliphatic hydroxyl groups is 1. The Morgan fingerprint density at radius 2 is 2.21 bits per heavy atom. The van der Waals surface area contributed by atoms with Crippen molar-refractivity contribution in [3.8, 4) is 0 Å². The molecular weight excluding hydrogens is 196 g/mol. The number of benzene rings is 1. The number of anilines is 1. The number of thioether (sulfide) groups is 1. The Balaban J connectivity index is 2.79. The molecule has 0 aliphatic rings. The molecule has 4 heteroatoms. The van der Waals surface area contributed by atoms with Crippen molar-refractivity contribution in [2.45, 2.75) is 17.4 Å². The molecule has 0 aliphatic carbocycles. The number of rotatable bonds is 4. The van der Waals surface area contributed by atoms with Gasteiger partial charge >= 0.3 is 0 Å². The number of nitrogens with two attached hydrogens (primary N) is 2. The van der Waals surface area contributed by atoms with Gasteiger partial charge in [-0.1, -0.05) is 6.07 Å². The van der Waals surface area contributed by atoms with Crippen LogP contribution in [-0.4, -0.2) is 24.0 Å². The summed E-state index contributed by atoms with van der Waals surface area (Å²) in [5.74, 6) is 0. The van der Waals surface area contributed by atoms with Crippen LogP contribution in [0.2, 0.25) is 0 Å². The summed E-state index contributed by atoms with van der Waals surface area (Å²) in [6.07, 6.45) is 2.67. The number of hydrogen-bond acceptors (Lipinski definition) is 4. The van der Waals surface area contributed by atoms with Crippen LogP contribution in [0.3, 0.4) is 0 Å². The molecule has 14 heavy (non-hydrogen) atoms. The zero-order chi connectivity index (χ0) is 10.6. The largest absolute Gasteiger partial charge is 0.398 e. The van der Waals surface area contributed by atoms with Gasteiger partial charge in [-0.25, -0.2) is 0 Å². The lowest BCUT2D eigenvalue weighted by molar-refractivity contribution is 0.265. The summed E-state index contributed by atoms with van der Waals surface area (Å²) in [4.78, 5) is 1.06. The van der Waals surface area contributed by atoms with Crippen LogP contribution in [0.4, 0.5) is 5.69 Å². The lowest BCUT2D eigenvalue weighted by atomic mass is 10.1. The number of aliphatic hydroxyl groups excluding tert-OH is 1. The summed E-state index contributed by atoms with van der Waals surface area (Å²) in [5.41, 5.74) is 13.3. The highest BCUT2D eigenvalue weighted by molar-refractivity contribution is 7.98. The van der Waals surface area contributed by atoms with Crippen LogP contribution >= 0.6 is 11.8 Å². The minimum Gasteiger partial charge on any atom is -0.398 e. The van der Waals surface area contributed by atoms with E-state index >= 15 is 0 Å². The van der Waals surface area contributed by atoms with Crippen molar-refractivity contribution >= 4 is 17.4 Å². The second kappa shape index (κ2) is 5.24. The van der Waals surface area contributed by atoms with Crippen molar-refractivity contribution in [3.63, 3.8) is 0 Å². The lowest BCUT2D eigenvalue weighted by Gasteiger charge is -2.10. The molecule has 1 unspecified atom stereocenters. The molecule has 0 saturated carbocycles. The quantitative estimate of drug-likeness (QED) is 0.511. The first-order valence-corrected chi connectivity index (χ1v) is 5.68. The van der Waals surface area contributed by atoms with Gasteiger partial charge in [0, 0.05) is 16.6 Å². The van der Waals surface area contributed by atoms with Crippen molar-refractivity contribution in [3.05, 3.63) is 23.8 Å². The van der Waals surface area contributed by atoms with E-state index in [1.165, 1.54) is 0 Å². The molecule has 1 aromatic rings. The van der Waals surface area contributed by atoms with E-state index in [4.69, 9.17) is 16.6 Å². The van der Waals surface area contributed by atoms with Crippen molar-refractivity contribution in [1.29, 1.82) is 0 Å². The summed E-state index contributed by atoms with van der Waals surface area (Å²) in [5, 5.41) is 8.82. The fourth-order valence-electron chi connectivity index (χ4n) is 1.25. The predicted molar refractivity (Wildman–Crippen MR) is 61.4 cm³/mol. The minimum atomic E-state index is -0.187. The highest BCUT2D eigenvalue weighted by Crippen LogP contribution is 2.24. The van der Waals surface area contributed by atoms with Crippen LogP contribution in [0, 0.1) is 0 Å². The summed E-state index contributed by atoms with van der Waals surface area (Å²) < 4.78 is 0. The van der Waals surface area contributed by atoms with Gasteiger partial charge in [0.25, 0.3) is 0 Å². The van der Waals surface area contributed by atoms with Crippen molar-refractivity contribution < 1.29 is 5.11 Å². The molecule has 78 valence electrons.